The Labute approximate surface area is 84.8 Å². The van der Waals surface area contributed by atoms with Gasteiger partial charge in [0.05, 0.1) is 12.5 Å². The van der Waals surface area contributed by atoms with Gasteiger partial charge >= 0.3 is 0 Å². The molecule has 0 aliphatic carbocycles. The highest BCUT2D eigenvalue weighted by Crippen LogP contribution is 2.28. The van der Waals surface area contributed by atoms with E-state index >= 15 is 0 Å². The van der Waals surface area contributed by atoms with Crippen LogP contribution in [-0.2, 0) is 6.42 Å². The number of benzene rings is 1. The highest BCUT2D eigenvalue weighted by Gasteiger charge is 2.17. The van der Waals surface area contributed by atoms with Crippen molar-refractivity contribution < 1.29 is 0 Å². The molecule has 2 heteroatoms. The summed E-state index contributed by atoms with van der Waals surface area (Å²) < 4.78 is 0. The number of fused-ring (bicyclic) bond motifs is 1. The van der Waals surface area contributed by atoms with Gasteiger partial charge in [0, 0.05) is 18.8 Å². The molecule has 2 rings (SSSR count). The molecule has 0 unspecified atom stereocenters. The maximum Gasteiger partial charge on any atom is 0.0640 e. The lowest BCUT2D eigenvalue weighted by Gasteiger charge is -2.17. The Morgan fingerprint density at radius 2 is 2.36 bits per heavy atom. The molecule has 0 radical (unpaired) electrons. The first-order valence-corrected chi connectivity index (χ1v) is 5.02. The van der Waals surface area contributed by atoms with E-state index in [2.05, 4.69) is 36.1 Å². The molecule has 1 aromatic rings. The van der Waals surface area contributed by atoms with Gasteiger partial charge in [0.15, 0.2) is 0 Å². The highest BCUT2D eigenvalue weighted by atomic mass is 15.1. The molecule has 1 aromatic carbocycles. The third kappa shape index (κ3) is 1.58. The highest BCUT2D eigenvalue weighted by molar-refractivity contribution is 5.58. The Kier molecular flexibility index (Phi) is 2.41. The molecule has 14 heavy (non-hydrogen) atoms. The van der Waals surface area contributed by atoms with Gasteiger partial charge in [0.25, 0.3) is 0 Å². The van der Waals surface area contributed by atoms with Crippen molar-refractivity contribution in [2.75, 3.05) is 18.0 Å². The number of nitrogens with zero attached hydrogens (tertiary/aromatic N) is 2. The fraction of sp³-hybridized carbons (Fsp3) is 0.417. The molecule has 0 fully saturated rings. The van der Waals surface area contributed by atoms with Gasteiger partial charge < -0.3 is 4.90 Å². The molecule has 1 heterocycles. The average Bonchev–Trinajstić information content (AvgIpc) is 2.57. The zero-order chi connectivity index (χ0) is 9.97. The molecule has 0 N–H and O–H groups in total. The van der Waals surface area contributed by atoms with Crippen molar-refractivity contribution >= 4 is 5.69 Å². The second-order valence-corrected chi connectivity index (χ2v) is 3.78. The van der Waals surface area contributed by atoms with E-state index in [0.29, 0.717) is 6.42 Å². The fourth-order valence-electron chi connectivity index (χ4n) is 2.02. The molecule has 1 aliphatic rings. The summed E-state index contributed by atoms with van der Waals surface area (Å²) in [7, 11) is 0. The van der Waals surface area contributed by atoms with Gasteiger partial charge in [-0.2, -0.15) is 5.26 Å². The van der Waals surface area contributed by atoms with E-state index in [1.807, 2.05) is 0 Å². The molecule has 2 nitrogen and oxygen atoms in total. The average molecular weight is 186 g/mol. The minimum atomic E-state index is 0.618. The Morgan fingerprint density at radius 3 is 3.14 bits per heavy atom. The van der Waals surface area contributed by atoms with Crippen LogP contribution in [-0.4, -0.2) is 13.1 Å². The molecule has 0 spiro atoms. The monoisotopic (exact) mass is 186 g/mol. The summed E-state index contributed by atoms with van der Waals surface area (Å²) in [5.41, 5.74) is 4.08. The summed E-state index contributed by atoms with van der Waals surface area (Å²) in [6.07, 6.45) is 1.75. The first kappa shape index (κ1) is 9.08. The zero-order valence-corrected chi connectivity index (χ0v) is 8.45. The summed E-state index contributed by atoms with van der Waals surface area (Å²) >= 11 is 0. The number of nitriles is 1. The van der Waals surface area contributed by atoms with Gasteiger partial charge in [0.1, 0.15) is 0 Å². The quantitative estimate of drug-likeness (QED) is 0.708. The lowest BCUT2D eigenvalue weighted by Crippen LogP contribution is -2.21. The van der Waals surface area contributed by atoms with E-state index in [4.69, 9.17) is 5.26 Å². The van der Waals surface area contributed by atoms with E-state index in [9.17, 15) is 0 Å². The SMILES string of the molecule is Cc1ccc2c(c1)CCN2CCC#N. The smallest absolute Gasteiger partial charge is 0.0640 e. The van der Waals surface area contributed by atoms with Crippen LogP contribution in [0.4, 0.5) is 5.69 Å². The van der Waals surface area contributed by atoms with E-state index in [0.717, 1.165) is 19.5 Å². The minimum Gasteiger partial charge on any atom is -0.370 e. The van der Waals surface area contributed by atoms with Crippen molar-refractivity contribution in [3.05, 3.63) is 29.3 Å². The van der Waals surface area contributed by atoms with Crippen molar-refractivity contribution in [1.29, 1.82) is 5.26 Å². The zero-order valence-electron chi connectivity index (χ0n) is 8.45. The molecule has 0 bridgehead atoms. The van der Waals surface area contributed by atoms with Crippen molar-refractivity contribution in [2.24, 2.45) is 0 Å². The standard InChI is InChI=1S/C12H14N2/c1-10-3-4-12-11(9-10)5-8-14(12)7-2-6-13/h3-4,9H,2,5,7-8H2,1H3. The molecule has 0 atom stereocenters. The Hall–Kier alpha value is -1.49. The summed E-state index contributed by atoms with van der Waals surface area (Å²) in [5, 5.41) is 8.54. The Bertz CT molecular complexity index is 376. The predicted molar refractivity (Wildman–Crippen MR) is 57.3 cm³/mol. The fourth-order valence-corrected chi connectivity index (χ4v) is 2.02. The summed E-state index contributed by atoms with van der Waals surface area (Å²) in [6.45, 7) is 4.06. The lowest BCUT2D eigenvalue weighted by atomic mass is 10.1. The first-order chi connectivity index (χ1) is 6.81. The molecule has 0 saturated heterocycles. The number of anilines is 1. The number of hydrogen-bond donors (Lipinski definition) is 0. The Balaban J connectivity index is 2.19. The van der Waals surface area contributed by atoms with Crippen LogP contribution in [0.5, 0.6) is 0 Å². The van der Waals surface area contributed by atoms with Gasteiger partial charge in [0.2, 0.25) is 0 Å². The first-order valence-electron chi connectivity index (χ1n) is 5.02. The van der Waals surface area contributed by atoms with Crippen LogP contribution in [0.15, 0.2) is 18.2 Å². The van der Waals surface area contributed by atoms with E-state index < -0.39 is 0 Å². The van der Waals surface area contributed by atoms with E-state index in [1.54, 1.807) is 0 Å². The van der Waals surface area contributed by atoms with Gasteiger partial charge in [-0.25, -0.2) is 0 Å². The second-order valence-electron chi connectivity index (χ2n) is 3.78. The van der Waals surface area contributed by atoms with Crippen molar-refractivity contribution in [2.45, 2.75) is 19.8 Å². The largest absolute Gasteiger partial charge is 0.370 e. The van der Waals surface area contributed by atoms with Crippen molar-refractivity contribution in [3.8, 4) is 6.07 Å². The number of rotatable bonds is 2. The maximum atomic E-state index is 8.54. The van der Waals surface area contributed by atoms with Crippen LogP contribution in [0.2, 0.25) is 0 Å². The summed E-state index contributed by atoms with van der Waals surface area (Å²) in [6, 6.07) is 8.76. The van der Waals surface area contributed by atoms with Crippen LogP contribution >= 0.6 is 0 Å². The van der Waals surface area contributed by atoms with Crippen LogP contribution in [0.1, 0.15) is 17.5 Å². The molecule has 0 aromatic heterocycles. The van der Waals surface area contributed by atoms with Crippen LogP contribution in [0.3, 0.4) is 0 Å². The molecule has 0 saturated carbocycles. The van der Waals surface area contributed by atoms with Gasteiger partial charge in [-0.1, -0.05) is 17.7 Å². The van der Waals surface area contributed by atoms with Gasteiger partial charge in [-0.05, 0) is 25.0 Å². The molecular formula is C12H14N2. The molecular weight excluding hydrogens is 172 g/mol. The molecule has 1 aliphatic heterocycles. The second kappa shape index (κ2) is 3.71. The summed E-state index contributed by atoms with van der Waals surface area (Å²) in [5.74, 6) is 0. The summed E-state index contributed by atoms with van der Waals surface area (Å²) in [4.78, 5) is 2.30. The number of aryl methyl sites for hydroxylation is 1. The van der Waals surface area contributed by atoms with Crippen molar-refractivity contribution in [1.82, 2.24) is 0 Å². The van der Waals surface area contributed by atoms with Crippen LogP contribution in [0, 0.1) is 18.3 Å². The van der Waals surface area contributed by atoms with Crippen LogP contribution in [0.25, 0.3) is 0 Å². The van der Waals surface area contributed by atoms with E-state index in [1.165, 1.54) is 16.8 Å². The third-order valence-electron chi connectivity index (χ3n) is 2.72. The van der Waals surface area contributed by atoms with Crippen molar-refractivity contribution in [3.63, 3.8) is 0 Å². The molecule has 72 valence electrons. The topological polar surface area (TPSA) is 27.0 Å². The Morgan fingerprint density at radius 1 is 1.50 bits per heavy atom. The van der Waals surface area contributed by atoms with E-state index in [-0.39, 0.29) is 0 Å². The van der Waals surface area contributed by atoms with Crippen LogP contribution < -0.4 is 4.90 Å². The number of hydrogen-bond acceptors (Lipinski definition) is 2. The minimum absolute atomic E-state index is 0.618. The molecule has 0 amide bonds. The maximum absolute atomic E-state index is 8.54. The third-order valence-corrected chi connectivity index (χ3v) is 2.72. The van der Waals surface area contributed by atoms with Gasteiger partial charge in [-0.3, -0.25) is 0 Å². The lowest BCUT2D eigenvalue weighted by molar-refractivity contribution is 0.831. The predicted octanol–water partition coefficient (Wildman–Crippen LogP) is 2.27. The normalized spacial score (nSPS) is 13.9. The van der Waals surface area contributed by atoms with Gasteiger partial charge in [-0.15, -0.1) is 0 Å².